The van der Waals surface area contributed by atoms with Crippen molar-refractivity contribution < 1.29 is 9.72 Å². The molecule has 0 atom stereocenters. The third-order valence-corrected chi connectivity index (χ3v) is 6.00. The molecular formula is C19H23N3O3S. The standard InChI is InChI=1S/C19H23N3O3S/c1-14-9-12-26-18(14)13-20(2)19(23)15-7-10-21(11-8-15)16-5-3-4-6-17(16)22(24)25/h3-6,9,12,15H,7-8,10-11,13H2,1-2H3. The number of rotatable bonds is 5. The molecule has 0 unspecified atom stereocenters. The van der Waals surface area contributed by atoms with E-state index in [2.05, 4.69) is 13.0 Å². The number of aryl methyl sites for hydroxylation is 1. The molecule has 1 aliphatic rings. The Kier molecular flexibility index (Phi) is 5.56. The minimum atomic E-state index is -0.344. The van der Waals surface area contributed by atoms with Crippen LogP contribution in [0.1, 0.15) is 23.3 Å². The molecular weight excluding hydrogens is 350 g/mol. The van der Waals surface area contributed by atoms with Crippen molar-refractivity contribution in [3.63, 3.8) is 0 Å². The normalized spacial score (nSPS) is 15.1. The Hall–Kier alpha value is -2.41. The molecule has 3 rings (SSSR count). The predicted molar refractivity (Wildman–Crippen MR) is 104 cm³/mol. The molecule has 1 aliphatic heterocycles. The molecule has 138 valence electrons. The molecule has 1 amide bonds. The van der Waals surface area contributed by atoms with Crippen molar-refractivity contribution in [2.75, 3.05) is 25.0 Å². The fourth-order valence-electron chi connectivity index (χ4n) is 3.42. The van der Waals surface area contributed by atoms with Crippen LogP contribution in [0.4, 0.5) is 11.4 Å². The number of piperidine rings is 1. The van der Waals surface area contributed by atoms with E-state index in [-0.39, 0.29) is 22.4 Å². The maximum absolute atomic E-state index is 12.8. The van der Waals surface area contributed by atoms with Gasteiger partial charge in [-0.1, -0.05) is 12.1 Å². The third-order valence-electron chi connectivity index (χ3n) is 4.99. The van der Waals surface area contributed by atoms with E-state index in [4.69, 9.17) is 0 Å². The lowest BCUT2D eigenvalue weighted by atomic mass is 9.94. The first kappa shape index (κ1) is 18.4. The van der Waals surface area contributed by atoms with Gasteiger partial charge >= 0.3 is 0 Å². The third kappa shape index (κ3) is 3.88. The molecule has 0 radical (unpaired) electrons. The van der Waals surface area contributed by atoms with Gasteiger partial charge in [0.05, 0.1) is 11.5 Å². The Morgan fingerprint density at radius 1 is 1.31 bits per heavy atom. The van der Waals surface area contributed by atoms with Crippen LogP contribution in [0.5, 0.6) is 0 Å². The predicted octanol–water partition coefficient (Wildman–Crippen LogP) is 3.84. The summed E-state index contributed by atoms with van der Waals surface area (Å²) in [4.78, 5) is 28.7. The van der Waals surface area contributed by atoms with Crippen LogP contribution in [0, 0.1) is 23.0 Å². The zero-order valence-corrected chi connectivity index (χ0v) is 15.9. The first-order valence-electron chi connectivity index (χ1n) is 8.73. The number of para-hydroxylation sites is 2. The monoisotopic (exact) mass is 373 g/mol. The van der Waals surface area contributed by atoms with Crippen LogP contribution < -0.4 is 4.90 Å². The molecule has 0 spiro atoms. The van der Waals surface area contributed by atoms with Gasteiger partial charge in [0.25, 0.3) is 5.69 Å². The van der Waals surface area contributed by atoms with Gasteiger partial charge in [-0.05, 0) is 42.8 Å². The van der Waals surface area contributed by atoms with Crippen LogP contribution in [0.15, 0.2) is 35.7 Å². The lowest BCUT2D eigenvalue weighted by Gasteiger charge is -2.34. The minimum absolute atomic E-state index is 0.0145. The Balaban J connectivity index is 1.61. The van der Waals surface area contributed by atoms with Gasteiger partial charge < -0.3 is 9.80 Å². The van der Waals surface area contributed by atoms with Crippen molar-refractivity contribution in [1.29, 1.82) is 0 Å². The number of anilines is 1. The molecule has 0 N–H and O–H groups in total. The average Bonchev–Trinajstić information content (AvgIpc) is 3.05. The highest BCUT2D eigenvalue weighted by Gasteiger charge is 2.29. The van der Waals surface area contributed by atoms with Gasteiger partial charge in [0.2, 0.25) is 5.91 Å². The molecule has 0 aliphatic carbocycles. The summed E-state index contributed by atoms with van der Waals surface area (Å²) in [7, 11) is 1.86. The molecule has 6 nitrogen and oxygen atoms in total. The second kappa shape index (κ2) is 7.86. The van der Waals surface area contributed by atoms with Crippen molar-refractivity contribution in [3.05, 3.63) is 56.3 Å². The molecule has 1 fully saturated rings. The number of hydrogen-bond acceptors (Lipinski definition) is 5. The molecule has 1 saturated heterocycles. The number of hydrogen-bond donors (Lipinski definition) is 0. The second-order valence-corrected chi connectivity index (χ2v) is 7.73. The maximum atomic E-state index is 12.8. The largest absolute Gasteiger partial charge is 0.366 e. The molecule has 0 saturated carbocycles. The Morgan fingerprint density at radius 2 is 2.00 bits per heavy atom. The SMILES string of the molecule is Cc1ccsc1CN(C)C(=O)C1CCN(c2ccccc2[N+](=O)[O-])CC1. The van der Waals surface area contributed by atoms with Gasteiger partial charge in [-0.25, -0.2) is 0 Å². The van der Waals surface area contributed by atoms with Gasteiger partial charge in [0, 0.05) is 37.0 Å². The van der Waals surface area contributed by atoms with E-state index in [1.807, 2.05) is 28.3 Å². The molecule has 26 heavy (non-hydrogen) atoms. The number of amides is 1. The summed E-state index contributed by atoms with van der Waals surface area (Å²) in [5, 5.41) is 13.3. The average molecular weight is 373 g/mol. The van der Waals surface area contributed by atoms with E-state index in [1.54, 1.807) is 23.5 Å². The summed E-state index contributed by atoms with van der Waals surface area (Å²) in [5.74, 6) is 0.152. The molecule has 1 aromatic heterocycles. The van der Waals surface area contributed by atoms with Gasteiger partial charge in [0.1, 0.15) is 5.69 Å². The van der Waals surface area contributed by atoms with E-state index < -0.39 is 0 Å². The van der Waals surface area contributed by atoms with E-state index in [9.17, 15) is 14.9 Å². The van der Waals surface area contributed by atoms with Crippen molar-refractivity contribution in [2.45, 2.75) is 26.3 Å². The van der Waals surface area contributed by atoms with E-state index >= 15 is 0 Å². The lowest BCUT2D eigenvalue weighted by molar-refractivity contribution is -0.384. The number of nitro benzene ring substituents is 1. The molecule has 1 aromatic carbocycles. The zero-order valence-electron chi connectivity index (χ0n) is 15.1. The van der Waals surface area contributed by atoms with Crippen LogP contribution in [0.3, 0.4) is 0 Å². The Morgan fingerprint density at radius 3 is 2.62 bits per heavy atom. The van der Waals surface area contributed by atoms with Crippen LogP contribution in [0.2, 0.25) is 0 Å². The highest BCUT2D eigenvalue weighted by molar-refractivity contribution is 7.10. The maximum Gasteiger partial charge on any atom is 0.292 e. The summed E-state index contributed by atoms with van der Waals surface area (Å²) >= 11 is 1.68. The van der Waals surface area contributed by atoms with Crippen molar-refractivity contribution in [2.24, 2.45) is 5.92 Å². The highest BCUT2D eigenvalue weighted by atomic mass is 32.1. The summed E-state index contributed by atoms with van der Waals surface area (Å²) in [6.07, 6.45) is 1.44. The number of benzene rings is 1. The molecule has 0 bridgehead atoms. The van der Waals surface area contributed by atoms with Crippen LogP contribution in [0.25, 0.3) is 0 Å². The number of carbonyl (C=O) groups excluding carboxylic acids is 1. The van der Waals surface area contributed by atoms with Gasteiger partial charge in [-0.3, -0.25) is 14.9 Å². The van der Waals surface area contributed by atoms with E-state index in [1.165, 1.54) is 16.5 Å². The van der Waals surface area contributed by atoms with E-state index in [0.29, 0.717) is 25.3 Å². The number of thiophene rings is 1. The number of carbonyl (C=O) groups is 1. The lowest BCUT2D eigenvalue weighted by Crippen LogP contribution is -2.41. The van der Waals surface area contributed by atoms with Gasteiger partial charge in [-0.2, -0.15) is 0 Å². The molecule has 2 aromatic rings. The minimum Gasteiger partial charge on any atom is -0.366 e. The summed E-state index contributed by atoms with van der Waals surface area (Å²) in [6.45, 7) is 4.03. The first-order chi connectivity index (χ1) is 12.5. The van der Waals surface area contributed by atoms with Crippen LogP contribution in [-0.2, 0) is 11.3 Å². The molecule has 2 heterocycles. The second-order valence-electron chi connectivity index (χ2n) is 6.73. The van der Waals surface area contributed by atoms with Gasteiger partial charge in [-0.15, -0.1) is 11.3 Å². The first-order valence-corrected chi connectivity index (χ1v) is 9.61. The quantitative estimate of drug-likeness (QED) is 0.590. The van der Waals surface area contributed by atoms with Crippen molar-refractivity contribution in [3.8, 4) is 0 Å². The fourth-order valence-corrected chi connectivity index (χ4v) is 4.38. The smallest absolute Gasteiger partial charge is 0.292 e. The van der Waals surface area contributed by atoms with Crippen LogP contribution >= 0.6 is 11.3 Å². The number of nitrogens with zero attached hydrogens (tertiary/aromatic N) is 3. The summed E-state index contributed by atoms with van der Waals surface area (Å²) in [6, 6.07) is 8.88. The van der Waals surface area contributed by atoms with Crippen LogP contribution in [-0.4, -0.2) is 35.9 Å². The fraction of sp³-hybridized carbons (Fsp3) is 0.421. The van der Waals surface area contributed by atoms with Crippen molar-refractivity contribution >= 4 is 28.6 Å². The topological polar surface area (TPSA) is 66.7 Å². The Labute approximate surface area is 157 Å². The van der Waals surface area contributed by atoms with E-state index in [0.717, 1.165) is 12.8 Å². The number of nitro groups is 1. The highest BCUT2D eigenvalue weighted by Crippen LogP contribution is 2.31. The van der Waals surface area contributed by atoms with Gasteiger partial charge in [0.15, 0.2) is 0 Å². The zero-order chi connectivity index (χ0) is 18.7. The van der Waals surface area contributed by atoms with Crippen molar-refractivity contribution in [1.82, 2.24) is 4.90 Å². The summed E-state index contributed by atoms with van der Waals surface area (Å²) in [5.41, 5.74) is 1.99. The molecule has 7 heteroatoms. The Bertz CT molecular complexity index is 797. The summed E-state index contributed by atoms with van der Waals surface area (Å²) < 4.78 is 0.